The molecule has 0 saturated heterocycles. The lowest BCUT2D eigenvalue weighted by atomic mass is 9.99. The Kier molecular flexibility index (Phi) is 7.35. The summed E-state index contributed by atoms with van der Waals surface area (Å²) in [5.74, 6) is 0.229. The van der Waals surface area contributed by atoms with Crippen LogP contribution in [0.2, 0.25) is 0 Å². The van der Waals surface area contributed by atoms with E-state index in [1.807, 2.05) is 6.92 Å². The Balaban J connectivity index is 1.67. The monoisotopic (exact) mass is 518 g/mol. The molecule has 1 N–H and O–H groups in total. The van der Waals surface area contributed by atoms with Gasteiger partial charge < -0.3 is 23.9 Å². The molecule has 1 atom stereocenters. The van der Waals surface area contributed by atoms with E-state index < -0.39 is 11.9 Å². The normalized spacial score (nSPS) is 15.2. The highest BCUT2D eigenvalue weighted by Gasteiger charge is 2.38. The number of hydrogen-bond acceptors (Lipinski definition) is 7. The van der Waals surface area contributed by atoms with Crippen LogP contribution in [0.25, 0.3) is 0 Å². The van der Waals surface area contributed by atoms with Crippen molar-refractivity contribution >= 4 is 23.3 Å². The van der Waals surface area contributed by atoms with Crippen LogP contribution in [0.1, 0.15) is 72.0 Å². The predicted molar refractivity (Wildman–Crippen MR) is 139 cm³/mol. The molecule has 0 unspecified atom stereocenters. The van der Waals surface area contributed by atoms with E-state index in [0.717, 1.165) is 25.7 Å². The van der Waals surface area contributed by atoms with E-state index in [4.69, 9.17) is 18.6 Å². The van der Waals surface area contributed by atoms with Gasteiger partial charge in [0.1, 0.15) is 11.8 Å². The highest BCUT2D eigenvalue weighted by atomic mass is 16.7. The van der Waals surface area contributed by atoms with Gasteiger partial charge in [0.2, 0.25) is 12.7 Å². The van der Waals surface area contributed by atoms with E-state index >= 15 is 0 Å². The molecular formula is C29H30N2O7. The van der Waals surface area contributed by atoms with Crippen molar-refractivity contribution in [2.24, 2.45) is 0 Å². The molecule has 1 saturated carbocycles. The molecule has 5 rings (SSSR count). The number of nitrogens with zero attached hydrogens (tertiary/aromatic N) is 1. The van der Waals surface area contributed by atoms with Crippen molar-refractivity contribution in [1.82, 2.24) is 5.32 Å². The Hall–Kier alpha value is -4.27. The molecule has 1 aliphatic heterocycles. The first-order valence-electron chi connectivity index (χ1n) is 12.8. The minimum absolute atomic E-state index is 0.00720. The van der Waals surface area contributed by atoms with Crippen molar-refractivity contribution in [2.75, 3.05) is 18.3 Å². The zero-order valence-corrected chi connectivity index (χ0v) is 21.4. The molecule has 1 aromatic heterocycles. The minimum atomic E-state index is -1.11. The number of Topliss-reactive ketones (excluding diaryl/α,β-unsaturated/α-hetero) is 1. The fourth-order valence-corrected chi connectivity index (χ4v) is 4.98. The Bertz CT molecular complexity index is 1310. The van der Waals surface area contributed by atoms with Gasteiger partial charge in [-0.15, -0.1) is 0 Å². The Morgan fingerprint density at radius 2 is 1.76 bits per heavy atom. The summed E-state index contributed by atoms with van der Waals surface area (Å²) in [4.78, 5) is 42.2. The number of carbonyl (C=O) groups is 3. The number of fused-ring (bicyclic) bond motifs is 1. The second kappa shape index (κ2) is 11.0. The molecule has 2 aromatic carbocycles. The average molecular weight is 519 g/mol. The Morgan fingerprint density at radius 3 is 2.39 bits per heavy atom. The summed E-state index contributed by atoms with van der Waals surface area (Å²) in [5, 5.41) is 3.13. The van der Waals surface area contributed by atoms with Crippen LogP contribution in [-0.2, 0) is 4.79 Å². The third-order valence-electron chi connectivity index (χ3n) is 6.80. The molecule has 3 aromatic rings. The van der Waals surface area contributed by atoms with Crippen LogP contribution in [0.15, 0.2) is 59.2 Å². The Labute approximate surface area is 220 Å². The number of anilines is 1. The molecular weight excluding hydrogens is 488 g/mol. The van der Waals surface area contributed by atoms with E-state index in [1.54, 1.807) is 42.5 Å². The largest absolute Gasteiger partial charge is 0.494 e. The number of ketones is 1. The van der Waals surface area contributed by atoms with Crippen molar-refractivity contribution in [2.45, 2.75) is 51.6 Å². The van der Waals surface area contributed by atoms with Gasteiger partial charge in [-0.25, -0.2) is 0 Å². The van der Waals surface area contributed by atoms with Crippen molar-refractivity contribution in [3.8, 4) is 17.2 Å². The molecule has 0 radical (unpaired) electrons. The third kappa shape index (κ3) is 5.09. The SMILES string of the molecule is CCOc1ccc([C@@H](C(=O)NC2CCCC2)N(C(=O)c2ccco2)c2cc3c(cc2C(C)=O)OCO3)cc1. The smallest absolute Gasteiger partial charge is 0.294 e. The summed E-state index contributed by atoms with van der Waals surface area (Å²) in [7, 11) is 0. The number of nitrogens with one attached hydrogen (secondary N) is 1. The maximum absolute atomic E-state index is 14.1. The van der Waals surface area contributed by atoms with E-state index in [-0.39, 0.29) is 41.5 Å². The van der Waals surface area contributed by atoms with Crippen LogP contribution in [0, 0.1) is 0 Å². The van der Waals surface area contributed by atoms with E-state index in [9.17, 15) is 14.4 Å². The molecule has 2 amide bonds. The van der Waals surface area contributed by atoms with Crippen LogP contribution in [-0.4, -0.2) is 37.0 Å². The number of furan rings is 1. The van der Waals surface area contributed by atoms with Crippen molar-refractivity contribution in [1.29, 1.82) is 0 Å². The van der Waals surface area contributed by atoms with Gasteiger partial charge in [-0.2, -0.15) is 0 Å². The highest BCUT2D eigenvalue weighted by molar-refractivity contribution is 6.13. The average Bonchev–Trinajstić information content (AvgIpc) is 3.70. The zero-order valence-electron chi connectivity index (χ0n) is 21.4. The van der Waals surface area contributed by atoms with Crippen LogP contribution in [0.4, 0.5) is 5.69 Å². The van der Waals surface area contributed by atoms with Crippen LogP contribution in [0.3, 0.4) is 0 Å². The lowest BCUT2D eigenvalue weighted by Gasteiger charge is -2.33. The lowest BCUT2D eigenvalue weighted by Crippen LogP contribution is -2.46. The summed E-state index contributed by atoms with van der Waals surface area (Å²) in [6, 6.07) is 12.2. The summed E-state index contributed by atoms with van der Waals surface area (Å²) >= 11 is 0. The molecule has 9 heteroatoms. The molecule has 0 bridgehead atoms. The fraction of sp³-hybridized carbons (Fsp3) is 0.345. The first kappa shape index (κ1) is 25.4. The van der Waals surface area contributed by atoms with Gasteiger partial charge in [0.05, 0.1) is 18.6 Å². The van der Waals surface area contributed by atoms with Crippen LogP contribution in [0.5, 0.6) is 17.2 Å². The molecule has 2 aliphatic rings. The zero-order chi connectivity index (χ0) is 26.6. The minimum Gasteiger partial charge on any atom is -0.494 e. The summed E-state index contributed by atoms with van der Waals surface area (Å²) < 4.78 is 22.1. The predicted octanol–water partition coefficient (Wildman–Crippen LogP) is 5.06. The van der Waals surface area contributed by atoms with E-state index in [1.165, 1.54) is 24.2 Å². The van der Waals surface area contributed by atoms with Crippen molar-refractivity contribution in [3.05, 3.63) is 71.7 Å². The van der Waals surface area contributed by atoms with Gasteiger partial charge in [0.15, 0.2) is 23.0 Å². The Morgan fingerprint density at radius 1 is 1.05 bits per heavy atom. The number of carbonyl (C=O) groups excluding carboxylic acids is 3. The summed E-state index contributed by atoms with van der Waals surface area (Å²) in [5.41, 5.74) is 0.999. The van der Waals surface area contributed by atoms with E-state index in [0.29, 0.717) is 29.4 Å². The van der Waals surface area contributed by atoms with E-state index in [2.05, 4.69) is 5.32 Å². The van der Waals surface area contributed by atoms with Gasteiger partial charge in [0.25, 0.3) is 5.91 Å². The molecule has 38 heavy (non-hydrogen) atoms. The van der Waals surface area contributed by atoms with Gasteiger partial charge in [-0.3, -0.25) is 19.3 Å². The summed E-state index contributed by atoms with van der Waals surface area (Å²) in [6.07, 6.45) is 5.20. The topological polar surface area (TPSA) is 107 Å². The molecule has 198 valence electrons. The van der Waals surface area contributed by atoms with Gasteiger partial charge >= 0.3 is 0 Å². The maximum atomic E-state index is 14.1. The highest BCUT2D eigenvalue weighted by Crippen LogP contribution is 2.42. The number of hydrogen-bond donors (Lipinski definition) is 1. The molecule has 1 fully saturated rings. The molecule has 2 heterocycles. The third-order valence-corrected chi connectivity index (χ3v) is 6.80. The van der Waals surface area contributed by atoms with Crippen LogP contribution < -0.4 is 24.4 Å². The number of benzene rings is 2. The lowest BCUT2D eigenvalue weighted by molar-refractivity contribution is -0.123. The maximum Gasteiger partial charge on any atom is 0.294 e. The standard InChI is InChI=1S/C29H30N2O7/c1-3-35-21-12-10-19(11-13-21)27(28(33)30-20-7-4-5-8-20)31(29(34)24-9-6-14-36-24)23-16-26-25(37-17-38-26)15-22(23)18(2)32/h6,9-16,20,27H,3-5,7-8,17H2,1-2H3,(H,30,33)/t27-/m0/s1. The number of rotatable bonds is 9. The quantitative estimate of drug-likeness (QED) is 0.395. The molecule has 1 aliphatic carbocycles. The molecule has 0 spiro atoms. The second-order valence-corrected chi connectivity index (χ2v) is 9.33. The number of ether oxygens (including phenoxy) is 3. The van der Waals surface area contributed by atoms with Gasteiger partial charge in [0, 0.05) is 17.7 Å². The second-order valence-electron chi connectivity index (χ2n) is 9.33. The van der Waals surface area contributed by atoms with Gasteiger partial charge in [-0.1, -0.05) is 25.0 Å². The van der Waals surface area contributed by atoms with Crippen molar-refractivity contribution < 1.29 is 33.0 Å². The fourth-order valence-electron chi connectivity index (χ4n) is 4.98. The first-order valence-corrected chi connectivity index (χ1v) is 12.8. The van der Waals surface area contributed by atoms with Crippen LogP contribution >= 0.6 is 0 Å². The van der Waals surface area contributed by atoms with Crippen molar-refractivity contribution in [3.63, 3.8) is 0 Å². The first-order chi connectivity index (χ1) is 18.5. The summed E-state index contributed by atoms with van der Waals surface area (Å²) in [6.45, 7) is 3.78. The number of amides is 2. The molecule has 9 nitrogen and oxygen atoms in total. The van der Waals surface area contributed by atoms with Gasteiger partial charge in [-0.05, 0) is 62.6 Å².